The maximum absolute atomic E-state index is 12.1. The molecule has 1 amide bonds. The van der Waals surface area contributed by atoms with Gasteiger partial charge in [-0.05, 0) is 26.6 Å². The number of carbonyl (C=O) groups is 1. The summed E-state index contributed by atoms with van der Waals surface area (Å²) in [6.07, 6.45) is 0. The van der Waals surface area contributed by atoms with Gasteiger partial charge in [-0.3, -0.25) is 4.79 Å². The summed E-state index contributed by atoms with van der Waals surface area (Å²) in [6, 6.07) is 10.3. The van der Waals surface area contributed by atoms with E-state index in [1.54, 1.807) is 0 Å². The first-order valence-corrected chi connectivity index (χ1v) is 8.44. The largest absolute Gasteiger partial charge is 0.353 e. The third-order valence-corrected chi connectivity index (χ3v) is 4.71. The second kappa shape index (κ2) is 8.12. The summed E-state index contributed by atoms with van der Waals surface area (Å²) in [6.45, 7) is 2.47. The lowest BCUT2D eigenvalue weighted by Gasteiger charge is -2.25. The Hall–Kier alpha value is -1.86. The second-order valence-corrected chi connectivity index (χ2v) is 6.51. The molecule has 1 atom stereocenters. The van der Waals surface area contributed by atoms with Crippen LogP contribution >= 0.6 is 11.8 Å². The molecule has 0 aliphatic carbocycles. The van der Waals surface area contributed by atoms with Gasteiger partial charge in [-0.1, -0.05) is 42.1 Å². The van der Waals surface area contributed by atoms with Crippen LogP contribution in [0.1, 0.15) is 17.4 Å². The van der Waals surface area contributed by atoms with Crippen molar-refractivity contribution >= 4 is 17.7 Å². The molecule has 0 saturated carbocycles. The summed E-state index contributed by atoms with van der Waals surface area (Å²) in [7, 11) is 5.93. The van der Waals surface area contributed by atoms with Gasteiger partial charge in [-0.2, -0.15) is 0 Å². The zero-order valence-corrected chi connectivity index (χ0v) is 14.8. The number of likely N-dealkylation sites (N-methyl/N-ethyl adjacent to an activating group) is 1. The molecule has 1 aromatic carbocycles. The minimum Gasteiger partial charge on any atom is -0.353 e. The zero-order valence-electron chi connectivity index (χ0n) is 14.0. The Bertz CT molecular complexity index is 641. The molecular formula is C16H23N5OS. The van der Waals surface area contributed by atoms with Gasteiger partial charge < -0.3 is 14.8 Å². The van der Waals surface area contributed by atoms with Crippen molar-refractivity contribution in [3.63, 3.8) is 0 Å². The molecule has 0 fully saturated rings. The van der Waals surface area contributed by atoms with E-state index in [0.29, 0.717) is 12.3 Å². The van der Waals surface area contributed by atoms with Crippen LogP contribution in [0.2, 0.25) is 0 Å². The molecule has 124 valence electrons. The lowest BCUT2D eigenvalue weighted by Crippen LogP contribution is -2.35. The van der Waals surface area contributed by atoms with Gasteiger partial charge in [0.05, 0.1) is 11.8 Å². The maximum atomic E-state index is 12.1. The van der Waals surface area contributed by atoms with Crippen molar-refractivity contribution in [1.82, 2.24) is 25.0 Å². The third-order valence-electron chi connectivity index (χ3n) is 3.69. The van der Waals surface area contributed by atoms with Crippen LogP contribution in [0.3, 0.4) is 0 Å². The number of hydrogen-bond donors (Lipinski definition) is 1. The predicted molar refractivity (Wildman–Crippen MR) is 92.3 cm³/mol. The highest BCUT2D eigenvalue weighted by Gasteiger charge is 2.15. The Kier molecular flexibility index (Phi) is 6.18. The molecule has 0 unspecified atom stereocenters. The molecule has 0 bridgehead atoms. The van der Waals surface area contributed by atoms with Gasteiger partial charge >= 0.3 is 0 Å². The van der Waals surface area contributed by atoms with Crippen LogP contribution in [-0.2, 0) is 11.8 Å². The number of thioether (sulfide) groups is 1. The molecule has 0 saturated heterocycles. The van der Waals surface area contributed by atoms with E-state index in [2.05, 4.69) is 32.5 Å². The molecular weight excluding hydrogens is 310 g/mol. The van der Waals surface area contributed by atoms with Gasteiger partial charge in [0.25, 0.3) is 0 Å². The van der Waals surface area contributed by atoms with Gasteiger partial charge in [0.1, 0.15) is 5.82 Å². The highest BCUT2D eigenvalue weighted by Crippen LogP contribution is 2.17. The van der Waals surface area contributed by atoms with E-state index in [9.17, 15) is 4.79 Å². The molecule has 0 aliphatic rings. The Morgan fingerprint density at radius 1 is 1.30 bits per heavy atom. The van der Waals surface area contributed by atoms with Crippen LogP contribution in [0.15, 0.2) is 35.5 Å². The first-order valence-electron chi connectivity index (χ1n) is 7.46. The lowest BCUT2D eigenvalue weighted by molar-refractivity contribution is -0.118. The van der Waals surface area contributed by atoms with Crippen molar-refractivity contribution in [2.24, 2.45) is 7.05 Å². The summed E-state index contributed by atoms with van der Waals surface area (Å²) in [5.41, 5.74) is 1.19. The van der Waals surface area contributed by atoms with Crippen molar-refractivity contribution in [2.45, 2.75) is 18.1 Å². The lowest BCUT2D eigenvalue weighted by atomic mass is 10.1. The van der Waals surface area contributed by atoms with E-state index >= 15 is 0 Å². The van der Waals surface area contributed by atoms with Crippen molar-refractivity contribution in [2.75, 3.05) is 26.4 Å². The molecule has 0 spiro atoms. The van der Waals surface area contributed by atoms with Gasteiger partial charge in [0, 0.05) is 13.6 Å². The van der Waals surface area contributed by atoms with Gasteiger partial charge in [-0.25, -0.2) is 0 Å². The SMILES string of the molecule is Cc1nnc(SCC(=O)NC[C@@H](c2ccccc2)N(C)C)n1C. The average Bonchev–Trinajstić information content (AvgIpc) is 2.85. The molecule has 2 rings (SSSR count). The number of rotatable bonds is 7. The Morgan fingerprint density at radius 2 is 2.00 bits per heavy atom. The summed E-state index contributed by atoms with van der Waals surface area (Å²) < 4.78 is 1.88. The number of hydrogen-bond acceptors (Lipinski definition) is 5. The zero-order chi connectivity index (χ0) is 16.8. The fraction of sp³-hybridized carbons (Fsp3) is 0.438. The number of aromatic nitrogens is 3. The van der Waals surface area contributed by atoms with E-state index in [1.807, 2.05) is 50.8 Å². The topological polar surface area (TPSA) is 63.1 Å². The Labute approximate surface area is 141 Å². The van der Waals surface area contributed by atoms with Crippen LogP contribution < -0.4 is 5.32 Å². The number of benzene rings is 1. The molecule has 7 heteroatoms. The molecule has 1 heterocycles. The monoisotopic (exact) mass is 333 g/mol. The molecule has 6 nitrogen and oxygen atoms in total. The fourth-order valence-electron chi connectivity index (χ4n) is 2.18. The first kappa shape index (κ1) is 17.5. The van der Waals surface area contributed by atoms with Crippen LogP contribution in [0.4, 0.5) is 0 Å². The van der Waals surface area contributed by atoms with E-state index < -0.39 is 0 Å². The van der Waals surface area contributed by atoms with Gasteiger partial charge in [0.15, 0.2) is 5.16 Å². The van der Waals surface area contributed by atoms with Crippen LogP contribution in [0.5, 0.6) is 0 Å². The normalized spacial score (nSPS) is 12.4. The van der Waals surface area contributed by atoms with Crippen LogP contribution in [0, 0.1) is 6.92 Å². The highest BCUT2D eigenvalue weighted by molar-refractivity contribution is 7.99. The van der Waals surface area contributed by atoms with Crippen LogP contribution in [0.25, 0.3) is 0 Å². The molecule has 1 N–H and O–H groups in total. The quantitative estimate of drug-likeness (QED) is 0.781. The van der Waals surface area contributed by atoms with E-state index in [-0.39, 0.29) is 11.9 Å². The van der Waals surface area contributed by atoms with Crippen LogP contribution in [-0.4, -0.2) is 52.0 Å². The van der Waals surface area contributed by atoms with Gasteiger partial charge in [0.2, 0.25) is 5.91 Å². The predicted octanol–water partition coefficient (Wildman–Crippen LogP) is 1.63. The molecule has 2 aromatic rings. The summed E-state index contributed by atoms with van der Waals surface area (Å²) in [4.78, 5) is 14.2. The molecule has 0 aliphatic heterocycles. The van der Waals surface area contributed by atoms with Crippen molar-refractivity contribution in [3.8, 4) is 0 Å². The van der Waals surface area contributed by atoms with E-state index in [4.69, 9.17) is 0 Å². The van der Waals surface area contributed by atoms with Crippen molar-refractivity contribution in [3.05, 3.63) is 41.7 Å². The summed E-state index contributed by atoms with van der Waals surface area (Å²) in [5.74, 6) is 1.17. The summed E-state index contributed by atoms with van der Waals surface area (Å²) in [5, 5.41) is 11.8. The van der Waals surface area contributed by atoms with Crippen molar-refractivity contribution < 1.29 is 4.79 Å². The smallest absolute Gasteiger partial charge is 0.230 e. The number of amides is 1. The molecule has 0 radical (unpaired) electrons. The second-order valence-electron chi connectivity index (χ2n) is 5.57. The molecule has 1 aromatic heterocycles. The number of carbonyl (C=O) groups excluding carboxylic acids is 1. The number of nitrogens with zero attached hydrogens (tertiary/aromatic N) is 4. The Morgan fingerprint density at radius 3 is 2.57 bits per heavy atom. The summed E-state index contributed by atoms with van der Waals surface area (Å²) >= 11 is 1.40. The minimum atomic E-state index is -0.00145. The third kappa shape index (κ3) is 4.80. The highest BCUT2D eigenvalue weighted by atomic mass is 32.2. The standard InChI is InChI=1S/C16H23N5OS/c1-12-18-19-16(21(12)4)23-11-15(22)17-10-14(20(2)3)13-8-6-5-7-9-13/h5-9,14H,10-11H2,1-4H3,(H,17,22)/t14-/m0/s1. The maximum Gasteiger partial charge on any atom is 0.230 e. The van der Waals surface area contributed by atoms with Crippen molar-refractivity contribution in [1.29, 1.82) is 0 Å². The van der Waals surface area contributed by atoms with E-state index in [1.165, 1.54) is 17.3 Å². The molecule has 23 heavy (non-hydrogen) atoms. The number of aryl methyl sites for hydroxylation is 1. The fourth-order valence-corrected chi connectivity index (χ4v) is 2.97. The number of nitrogens with one attached hydrogen (secondary N) is 1. The Balaban J connectivity index is 1.86. The van der Waals surface area contributed by atoms with E-state index in [0.717, 1.165) is 11.0 Å². The minimum absolute atomic E-state index is 0.00145. The first-order chi connectivity index (χ1) is 11.0. The average molecular weight is 333 g/mol. The van der Waals surface area contributed by atoms with Gasteiger partial charge in [-0.15, -0.1) is 10.2 Å².